The lowest BCUT2D eigenvalue weighted by atomic mass is 10.1. The maximum atomic E-state index is 12.0. The number of hydrogen-bond acceptors (Lipinski definition) is 5. The third kappa shape index (κ3) is 5.45. The molecule has 0 fully saturated rings. The van der Waals surface area contributed by atoms with E-state index in [0.717, 1.165) is 0 Å². The van der Waals surface area contributed by atoms with E-state index < -0.39 is 16.0 Å². The van der Waals surface area contributed by atoms with Crippen LogP contribution in [0.25, 0.3) is 0 Å². The number of rotatable bonds is 7. The van der Waals surface area contributed by atoms with Crippen molar-refractivity contribution in [2.24, 2.45) is 5.14 Å². The minimum Gasteiger partial charge on any atom is -0.460 e. The van der Waals surface area contributed by atoms with E-state index in [1.807, 2.05) is 20.8 Å². The van der Waals surface area contributed by atoms with Crippen molar-refractivity contribution in [3.63, 3.8) is 0 Å². The van der Waals surface area contributed by atoms with Crippen LogP contribution in [0.2, 0.25) is 0 Å². The Labute approximate surface area is 125 Å². The smallest absolute Gasteiger partial charge is 0.338 e. The number of primary sulfonamides is 1. The standard InChI is InChI=1S/C14H21NO5S/c1-4-11-5-6-12(21(15,17)18)9-13(11)14(16)20-8-7-19-10(2)3/h5-6,9-10H,4,7-8H2,1-3H3,(H2,15,17,18). The molecule has 0 amide bonds. The number of sulfonamides is 1. The van der Waals surface area contributed by atoms with Crippen LogP contribution in [0, 0.1) is 0 Å². The Morgan fingerprint density at radius 2 is 1.95 bits per heavy atom. The lowest BCUT2D eigenvalue weighted by Crippen LogP contribution is -2.17. The number of hydrogen-bond donors (Lipinski definition) is 1. The van der Waals surface area contributed by atoms with Crippen LogP contribution in [0.3, 0.4) is 0 Å². The summed E-state index contributed by atoms with van der Waals surface area (Å²) in [5.41, 5.74) is 0.922. The number of esters is 1. The first-order valence-electron chi connectivity index (χ1n) is 6.70. The molecule has 0 aliphatic heterocycles. The molecule has 0 heterocycles. The maximum absolute atomic E-state index is 12.0. The minimum absolute atomic E-state index is 0.0561. The molecule has 1 aromatic carbocycles. The van der Waals surface area contributed by atoms with Gasteiger partial charge in [-0.2, -0.15) is 0 Å². The monoisotopic (exact) mass is 315 g/mol. The van der Waals surface area contributed by atoms with E-state index in [9.17, 15) is 13.2 Å². The normalized spacial score (nSPS) is 11.7. The number of ether oxygens (including phenoxy) is 2. The molecule has 0 saturated heterocycles. The highest BCUT2D eigenvalue weighted by Crippen LogP contribution is 2.17. The van der Waals surface area contributed by atoms with Crippen LogP contribution >= 0.6 is 0 Å². The highest BCUT2D eigenvalue weighted by atomic mass is 32.2. The fraction of sp³-hybridized carbons (Fsp3) is 0.500. The van der Waals surface area contributed by atoms with E-state index in [1.54, 1.807) is 6.07 Å². The fourth-order valence-corrected chi connectivity index (χ4v) is 2.27. The van der Waals surface area contributed by atoms with Gasteiger partial charge in [-0.15, -0.1) is 0 Å². The number of aryl methyl sites for hydroxylation is 1. The minimum atomic E-state index is -3.85. The van der Waals surface area contributed by atoms with Crippen molar-refractivity contribution in [3.05, 3.63) is 29.3 Å². The van der Waals surface area contributed by atoms with Crippen LogP contribution < -0.4 is 5.14 Å². The zero-order chi connectivity index (χ0) is 16.0. The van der Waals surface area contributed by atoms with Crippen LogP contribution in [0.1, 0.15) is 36.7 Å². The fourth-order valence-electron chi connectivity index (χ4n) is 1.73. The summed E-state index contributed by atoms with van der Waals surface area (Å²) in [4.78, 5) is 11.9. The van der Waals surface area contributed by atoms with E-state index in [2.05, 4.69) is 0 Å². The van der Waals surface area contributed by atoms with Crippen LogP contribution in [0.15, 0.2) is 23.1 Å². The average Bonchev–Trinajstić information content (AvgIpc) is 2.41. The molecule has 0 atom stereocenters. The third-order valence-electron chi connectivity index (χ3n) is 2.78. The molecule has 1 aromatic rings. The molecule has 1 rings (SSSR count). The summed E-state index contributed by atoms with van der Waals surface area (Å²) in [7, 11) is -3.85. The molecule has 7 heteroatoms. The second-order valence-electron chi connectivity index (χ2n) is 4.77. The zero-order valence-electron chi connectivity index (χ0n) is 12.5. The molecule has 0 aromatic heterocycles. The van der Waals surface area contributed by atoms with Crippen molar-refractivity contribution in [1.29, 1.82) is 0 Å². The first-order chi connectivity index (χ1) is 9.75. The Morgan fingerprint density at radius 1 is 1.29 bits per heavy atom. The lowest BCUT2D eigenvalue weighted by Gasteiger charge is -2.11. The molecule has 0 spiro atoms. The molecule has 0 bridgehead atoms. The lowest BCUT2D eigenvalue weighted by molar-refractivity contribution is 0.0176. The summed E-state index contributed by atoms with van der Waals surface area (Å²) in [5.74, 6) is -0.579. The van der Waals surface area contributed by atoms with Gasteiger partial charge in [-0.3, -0.25) is 0 Å². The van der Waals surface area contributed by atoms with Gasteiger partial charge >= 0.3 is 5.97 Å². The largest absolute Gasteiger partial charge is 0.460 e. The second-order valence-corrected chi connectivity index (χ2v) is 6.33. The van der Waals surface area contributed by atoms with Gasteiger partial charge in [0.2, 0.25) is 10.0 Å². The van der Waals surface area contributed by atoms with Crippen LogP contribution in [0.5, 0.6) is 0 Å². The maximum Gasteiger partial charge on any atom is 0.338 e. The predicted octanol–water partition coefficient (Wildman–Crippen LogP) is 1.48. The van der Waals surface area contributed by atoms with Gasteiger partial charge < -0.3 is 9.47 Å². The van der Waals surface area contributed by atoms with E-state index in [-0.39, 0.29) is 23.2 Å². The summed E-state index contributed by atoms with van der Waals surface area (Å²) < 4.78 is 33.1. The van der Waals surface area contributed by atoms with Gasteiger partial charge in [0.1, 0.15) is 6.61 Å². The quantitative estimate of drug-likeness (QED) is 0.607. The van der Waals surface area contributed by atoms with Crippen molar-refractivity contribution < 1.29 is 22.7 Å². The van der Waals surface area contributed by atoms with Gasteiger partial charge in [-0.1, -0.05) is 13.0 Å². The van der Waals surface area contributed by atoms with E-state index >= 15 is 0 Å². The zero-order valence-corrected chi connectivity index (χ0v) is 13.3. The number of carbonyl (C=O) groups excluding carboxylic acids is 1. The SMILES string of the molecule is CCc1ccc(S(N)(=O)=O)cc1C(=O)OCCOC(C)C. The third-order valence-corrected chi connectivity index (χ3v) is 3.69. The van der Waals surface area contributed by atoms with Crippen molar-refractivity contribution in [3.8, 4) is 0 Å². The molecule has 118 valence electrons. The summed E-state index contributed by atoms with van der Waals surface area (Å²) in [6.45, 7) is 6.03. The van der Waals surface area contributed by atoms with Gasteiger partial charge in [0.25, 0.3) is 0 Å². The van der Waals surface area contributed by atoms with Gasteiger partial charge in [0.05, 0.1) is 23.2 Å². The molecule has 0 unspecified atom stereocenters. The Hall–Kier alpha value is -1.44. The number of benzene rings is 1. The van der Waals surface area contributed by atoms with E-state index in [0.29, 0.717) is 18.6 Å². The van der Waals surface area contributed by atoms with Crippen LogP contribution in [-0.2, 0) is 25.9 Å². The highest BCUT2D eigenvalue weighted by molar-refractivity contribution is 7.89. The molecular weight excluding hydrogens is 294 g/mol. The van der Waals surface area contributed by atoms with Crippen molar-refractivity contribution in [1.82, 2.24) is 0 Å². The predicted molar refractivity (Wildman–Crippen MR) is 78.6 cm³/mol. The summed E-state index contributed by atoms with van der Waals surface area (Å²) in [6, 6.07) is 4.20. The van der Waals surface area contributed by atoms with E-state index in [1.165, 1.54) is 12.1 Å². The highest BCUT2D eigenvalue weighted by Gasteiger charge is 2.17. The first kappa shape index (κ1) is 17.6. The average molecular weight is 315 g/mol. The van der Waals surface area contributed by atoms with Crippen LogP contribution in [-0.4, -0.2) is 33.7 Å². The van der Waals surface area contributed by atoms with Gasteiger partial charge in [0, 0.05) is 0 Å². The molecule has 0 aliphatic carbocycles. The van der Waals surface area contributed by atoms with Crippen molar-refractivity contribution >= 4 is 16.0 Å². The first-order valence-corrected chi connectivity index (χ1v) is 8.24. The molecule has 0 aliphatic rings. The molecule has 0 radical (unpaired) electrons. The molecule has 0 saturated carbocycles. The summed E-state index contributed by atoms with van der Waals surface area (Å²) in [5, 5.41) is 5.07. The molecular formula is C14H21NO5S. The second kappa shape index (κ2) is 7.53. The van der Waals surface area contributed by atoms with Crippen LogP contribution in [0.4, 0.5) is 0 Å². The summed E-state index contributed by atoms with van der Waals surface area (Å²) >= 11 is 0. The Morgan fingerprint density at radius 3 is 2.48 bits per heavy atom. The van der Waals surface area contributed by atoms with E-state index in [4.69, 9.17) is 14.6 Å². The molecule has 21 heavy (non-hydrogen) atoms. The summed E-state index contributed by atoms with van der Waals surface area (Å²) in [6.07, 6.45) is 0.637. The van der Waals surface area contributed by atoms with Crippen molar-refractivity contribution in [2.75, 3.05) is 13.2 Å². The molecule has 6 nitrogen and oxygen atoms in total. The topological polar surface area (TPSA) is 95.7 Å². The number of nitrogens with two attached hydrogens (primary N) is 1. The number of carbonyl (C=O) groups is 1. The van der Waals surface area contributed by atoms with Gasteiger partial charge in [-0.25, -0.2) is 18.4 Å². The van der Waals surface area contributed by atoms with Crippen molar-refractivity contribution in [2.45, 2.75) is 38.2 Å². The van der Waals surface area contributed by atoms with Gasteiger partial charge in [-0.05, 0) is 38.0 Å². The molecule has 2 N–H and O–H groups in total. The Balaban J connectivity index is 2.86. The Bertz CT molecular complexity index is 595. The van der Waals surface area contributed by atoms with Gasteiger partial charge in [0.15, 0.2) is 0 Å². The Kier molecular flexibility index (Phi) is 6.32.